The molecule has 1 saturated heterocycles. The van der Waals surface area contributed by atoms with E-state index in [4.69, 9.17) is 4.74 Å². The van der Waals surface area contributed by atoms with E-state index in [0.29, 0.717) is 13.1 Å². The average molecular weight is 348 g/mol. The van der Waals surface area contributed by atoms with E-state index in [9.17, 15) is 4.79 Å². The van der Waals surface area contributed by atoms with Gasteiger partial charge < -0.3 is 14.5 Å². The third-order valence-corrected chi connectivity index (χ3v) is 4.55. The standard InChI is InChI=1S/C20H33N3O2/c1-6-21(7-2)16-17-10-8-9-11-18(17)22-12-14-23(15-13-22)19(24)25-20(3,4)5/h8-11H,6-7,12-16H2,1-5H3. The molecule has 0 aromatic heterocycles. The van der Waals surface area contributed by atoms with Gasteiger partial charge >= 0.3 is 6.09 Å². The fourth-order valence-electron chi connectivity index (χ4n) is 3.10. The van der Waals surface area contributed by atoms with E-state index in [0.717, 1.165) is 32.7 Å². The number of piperazine rings is 1. The van der Waals surface area contributed by atoms with E-state index in [1.165, 1.54) is 11.3 Å². The van der Waals surface area contributed by atoms with Gasteiger partial charge in [-0.25, -0.2) is 4.79 Å². The summed E-state index contributed by atoms with van der Waals surface area (Å²) < 4.78 is 5.49. The molecule has 1 aromatic carbocycles. The molecule has 0 atom stereocenters. The Morgan fingerprint density at radius 1 is 1.08 bits per heavy atom. The van der Waals surface area contributed by atoms with E-state index < -0.39 is 5.60 Å². The highest BCUT2D eigenvalue weighted by molar-refractivity contribution is 5.68. The van der Waals surface area contributed by atoms with Gasteiger partial charge in [0.25, 0.3) is 0 Å². The molecule has 5 nitrogen and oxygen atoms in total. The van der Waals surface area contributed by atoms with Crippen molar-refractivity contribution in [3.8, 4) is 0 Å². The van der Waals surface area contributed by atoms with Gasteiger partial charge in [0, 0.05) is 38.4 Å². The van der Waals surface area contributed by atoms with Crippen LogP contribution < -0.4 is 4.90 Å². The van der Waals surface area contributed by atoms with Gasteiger partial charge in [-0.15, -0.1) is 0 Å². The molecule has 0 spiro atoms. The molecule has 25 heavy (non-hydrogen) atoms. The quantitative estimate of drug-likeness (QED) is 0.816. The zero-order valence-corrected chi connectivity index (χ0v) is 16.4. The Kier molecular flexibility index (Phi) is 6.71. The number of para-hydroxylation sites is 1. The Hall–Kier alpha value is -1.75. The number of hydrogen-bond donors (Lipinski definition) is 0. The molecule has 0 saturated carbocycles. The number of nitrogens with zero attached hydrogens (tertiary/aromatic N) is 3. The number of benzene rings is 1. The lowest BCUT2D eigenvalue weighted by atomic mass is 10.1. The molecule has 0 unspecified atom stereocenters. The lowest BCUT2D eigenvalue weighted by Gasteiger charge is -2.37. The fraction of sp³-hybridized carbons (Fsp3) is 0.650. The van der Waals surface area contributed by atoms with Gasteiger partial charge in [-0.1, -0.05) is 32.0 Å². The number of carbonyl (C=O) groups excluding carboxylic acids is 1. The first-order chi connectivity index (χ1) is 11.8. The summed E-state index contributed by atoms with van der Waals surface area (Å²) in [5.41, 5.74) is 2.21. The lowest BCUT2D eigenvalue weighted by molar-refractivity contribution is 0.0240. The maximum atomic E-state index is 12.2. The molecule has 0 aliphatic carbocycles. The number of carbonyl (C=O) groups is 1. The molecule has 1 aliphatic rings. The van der Waals surface area contributed by atoms with Gasteiger partial charge in [-0.2, -0.15) is 0 Å². The molecule has 1 aromatic rings. The Morgan fingerprint density at radius 2 is 1.68 bits per heavy atom. The van der Waals surface area contributed by atoms with Crippen LogP contribution in [0.3, 0.4) is 0 Å². The first kappa shape index (κ1) is 19.6. The number of amides is 1. The highest BCUT2D eigenvalue weighted by Gasteiger charge is 2.26. The zero-order valence-electron chi connectivity index (χ0n) is 16.4. The topological polar surface area (TPSA) is 36.0 Å². The molecule has 5 heteroatoms. The molecule has 0 bridgehead atoms. The van der Waals surface area contributed by atoms with Crippen LogP contribution >= 0.6 is 0 Å². The van der Waals surface area contributed by atoms with Gasteiger partial charge in [0.2, 0.25) is 0 Å². The number of rotatable bonds is 5. The normalized spacial score (nSPS) is 15.6. The van der Waals surface area contributed by atoms with E-state index in [-0.39, 0.29) is 6.09 Å². The predicted octanol–water partition coefficient (Wildman–Crippen LogP) is 3.59. The smallest absolute Gasteiger partial charge is 0.410 e. The van der Waals surface area contributed by atoms with Gasteiger partial charge in [0.1, 0.15) is 5.60 Å². The molecule has 0 N–H and O–H groups in total. The first-order valence-electron chi connectivity index (χ1n) is 9.37. The van der Waals surface area contributed by atoms with E-state index in [1.807, 2.05) is 25.7 Å². The fourth-order valence-corrected chi connectivity index (χ4v) is 3.10. The summed E-state index contributed by atoms with van der Waals surface area (Å²) in [6.07, 6.45) is -0.205. The van der Waals surface area contributed by atoms with Gasteiger partial charge in [-0.3, -0.25) is 4.90 Å². The Bertz CT molecular complexity index is 556. The Balaban J connectivity index is 2.00. The Morgan fingerprint density at radius 3 is 2.24 bits per heavy atom. The summed E-state index contributed by atoms with van der Waals surface area (Å²) in [5.74, 6) is 0. The van der Waals surface area contributed by atoms with Crippen molar-refractivity contribution in [1.29, 1.82) is 0 Å². The van der Waals surface area contributed by atoms with Gasteiger partial charge in [0.05, 0.1) is 0 Å². The summed E-state index contributed by atoms with van der Waals surface area (Å²) in [6.45, 7) is 16.3. The van der Waals surface area contributed by atoms with Crippen LogP contribution in [0.5, 0.6) is 0 Å². The molecule has 1 fully saturated rings. The summed E-state index contributed by atoms with van der Waals surface area (Å²) in [4.78, 5) is 18.9. The van der Waals surface area contributed by atoms with Crippen LogP contribution in [0.4, 0.5) is 10.5 Å². The zero-order chi connectivity index (χ0) is 18.4. The third-order valence-electron chi connectivity index (χ3n) is 4.55. The van der Waals surface area contributed by atoms with Crippen molar-refractivity contribution in [2.45, 2.75) is 46.8 Å². The molecule has 1 amide bonds. The maximum Gasteiger partial charge on any atom is 0.410 e. The van der Waals surface area contributed by atoms with E-state index >= 15 is 0 Å². The molecular formula is C20H33N3O2. The van der Waals surface area contributed by atoms with Crippen molar-refractivity contribution in [3.63, 3.8) is 0 Å². The van der Waals surface area contributed by atoms with Crippen molar-refractivity contribution in [2.24, 2.45) is 0 Å². The average Bonchev–Trinajstić information content (AvgIpc) is 2.58. The van der Waals surface area contributed by atoms with Gasteiger partial charge in [0.15, 0.2) is 0 Å². The number of hydrogen-bond acceptors (Lipinski definition) is 4. The molecular weight excluding hydrogens is 314 g/mol. The molecule has 2 rings (SSSR count). The molecule has 1 heterocycles. The SMILES string of the molecule is CCN(CC)Cc1ccccc1N1CCN(C(=O)OC(C)(C)C)CC1. The minimum atomic E-state index is -0.440. The van der Waals surface area contributed by atoms with Crippen LogP contribution in [-0.4, -0.2) is 60.8 Å². The summed E-state index contributed by atoms with van der Waals surface area (Å²) in [5, 5.41) is 0. The van der Waals surface area contributed by atoms with Crippen molar-refractivity contribution in [2.75, 3.05) is 44.2 Å². The maximum absolute atomic E-state index is 12.2. The Labute approximate surface area is 152 Å². The minimum absolute atomic E-state index is 0.205. The third kappa shape index (κ3) is 5.63. The largest absolute Gasteiger partial charge is 0.444 e. The number of ether oxygens (including phenoxy) is 1. The van der Waals surface area contributed by atoms with Crippen LogP contribution in [0, 0.1) is 0 Å². The molecule has 1 aliphatic heterocycles. The first-order valence-corrected chi connectivity index (χ1v) is 9.37. The van der Waals surface area contributed by atoms with Crippen LogP contribution in [0.15, 0.2) is 24.3 Å². The second-order valence-electron chi connectivity index (χ2n) is 7.54. The second kappa shape index (κ2) is 8.56. The van der Waals surface area contributed by atoms with Crippen molar-refractivity contribution in [3.05, 3.63) is 29.8 Å². The minimum Gasteiger partial charge on any atom is -0.444 e. The van der Waals surface area contributed by atoms with Crippen LogP contribution in [0.2, 0.25) is 0 Å². The number of anilines is 1. The summed E-state index contributed by atoms with van der Waals surface area (Å²) in [7, 11) is 0. The molecule has 0 radical (unpaired) electrons. The van der Waals surface area contributed by atoms with Crippen molar-refractivity contribution < 1.29 is 9.53 Å². The van der Waals surface area contributed by atoms with Crippen LogP contribution in [0.1, 0.15) is 40.2 Å². The van der Waals surface area contributed by atoms with E-state index in [1.54, 1.807) is 0 Å². The van der Waals surface area contributed by atoms with Crippen LogP contribution in [0.25, 0.3) is 0 Å². The monoisotopic (exact) mass is 347 g/mol. The van der Waals surface area contributed by atoms with E-state index in [2.05, 4.69) is 47.9 Å². The second-order valence-corrected chi connectivity index (χ2v) is 7.54. The summed E-state index contributed by atoms with van der Waals surface area (Å²) in [6, 6.07) is 8.62. The van der Waals surface area contributed by atoms with Gasteiger partial charge in [-0.05, 0) is 45.5 Å². The highest BCUT2D eigenvalue weighted by atomic mass is 16.6. The lowest BCUT2D eigenvalue weighted by Crippen LogP contribution is -2.50. The summed E-state index contributed by atoms with van der Waals surface area (Å²) >= 11 is 0. The highest BCUT2D eigenvalue weighted by Crippen LogP contribution is 2.24. The van der Waals surface area contributed by atoms with Crippen LogP contribution in [-0.2, 0) is 11.3 Å². The molecule has 140 valence electrons. The van der Waals surface area contributed by atoms with Crippen molar-refractivity contribution in [1.82, 2.24) is 9.80 Å². The predicted molar refractivity (Wildman–Crippen MR) is 103 cm³/mol. The van der Waals surface area contributed by atoms with Crippen molar-refractivity contribution >= 4 is 11.8 Å².